The van der Waals surface area contributed by atoms with E-state index in [0.29, 0.717) is 4.90 Å². The zero-order chi connectivity index (χ0) is 20.9. The van der Waals surface area contributed by atoms with Crippen LogP contribution in [-0.4, -0.2) is 20.5 Å². The van der Waals surface area contributed by atoms with E-state index in [1.807, 2.05) is 72.8 Å². The van der Waals surface area contributed by atoms with Gasteiger partial charge in [0.05, 0.1) is 4.90 Å². The van der Waals surface area contributed by atoms with Crippen molar-refractivity contribution in [3.63, 3.8) is 0 Å². The molecule has 150 valence electrons. The number of amidine groups is 1. The summed E-state index contributed by atoms with van der Waals surface area (Å²) >= 11 is 0. The molecule has 0 amide bonds. The first-order valence-electron chi connectivity index (χ1n) is 9.66. The molecule has 3 rings (SSSR count). The van der Waals surface area contributed by atoms with Crippen molar-refractivity contribution in [3.8, 4) is 11.1 Å². The van der Waals surface area contributed by atoms with Gasteiger partial charge in [0.15, 0.2) is 9.84 Å². The first-order valence-corrected chi connectivity index (χ1v) is 11.6. The summed E-state index contributed by atoms with van der Waals surface area (Å²) in [5.74, 6) is 0.0821. The standard InChI is InChI=1S/C24H26N2O2S/c1-29(27,28)23-17-19(14-15-22(23)20-11-3-2-4-12-20)9-6-5-8-18-10-7-13-21(16-18)24(25)26/h2-4,7,10-17H,5-6,8-9H2,1H3,(H3,25,26). The van der Waals surface area contributed by atoms with Gasteiger partial charge in [-0.05, 0) is 54.5 Å². The molecule has 3 N–H and O–H groups in total. The van der Waals surface area contributed by atoms with Crippen LogP contribution in [0.4, 0.5) is 0 Å². The molecule has 0 unspecified atom stereocenters. The van der Waals surface area contributed by atoms with Gasteiger partial charge in [-0.3, -0.25) is 5.41 Å². The van der Waals surface area contributed by atoms with E-state index in [-0.39, 0.29) is 5.84 Å². The maximum Gasteiger partial charge on any atom is 0.176 e. The Bertz CT molecular complexity index is 1110. The van der Waals surface area contributed by atoms with E-state index in [1.54, 1.807) is 0 Å². The van der Waals surface area contributed by atoms with Gasteiger partial charge >= 0.3 is 0 Å². The second-order valence-electron chi connectivity index (χ2n) is 7.29. The van der Waals surface area contributed by atoms with Crippen LogP contribution in [0.1, 0.15) is 29.5 Å². The molecule has 0 aromatic heterocycles. The number of nitrogens with two attached hydrogens (primary N) is 1. The molecule has 0 saturated heterocycles. The minimum Gasteiger partial charge on any atom is -0.384 e. The SMILES string of the molecule is CS(=O)(=O)c1cc(CCCCc2cccc(C(=N)N)c2)ccc1-c1ccccc1. The van der Waals surface area contributed by atoms with Crippen molar-refractivity contribution in [2.75, 3.05) is 6.26 Å². The highest BCUT2D eigenvalue weighted by molar-refractivity contribution is 7.90. The summed E-state index contributed by atoms with van der Waals surface area (Å²) in [5.41, 5.74) is 10.1. The lowest BCUT2D eigenvalue weighted by molar-refractivity contribution is 0.602. The van der Waals surface area contributed by atoms with Crippen molar-refractivity contribution in [1.82, 2.24) is 0 Å². The molecule has 0 spiro atoms. The van der Waals surface area contributed by atoms with Gasteiger partial charge in [-0.1, -0.05) is 60.7 Å². The van der Waals surface area contributed by atoms with Crippen LogP contribution < -0.4 is 5.73 Å². The molecule has 4 nitrogen and oxygen atoms in total. The maximum atomic E-state index is 12.4. The second-order valence-corrected chi connectivity index (χ2v) is 9.27. The van der Waals surface area contributed by atoms with Crippen LogP contribution in [0, 0.1) is 5.41 Å². The van der Waals surface area contributed by atoms with Crippen molar-refractivity contribution in [2.45, 2.75) is 30.6 Å². The number of nitrogens with one attached hydrogen (secondary N) is 1. The van der Waals surface area contributed by atoms with Crippen molar-refractivity contribution >= 4 is 15.7 Å². The number of benzene rings is 3. The van der Waals surface area contributed by atoms with Crippen LogP contribution >= 0.6 is 0 Å². The largest absolute Gasteiger partial charge is 0.384 e. The van der Waals surface area contributed by atoms with Crippen molar-refractivity contribution < 1.29 is 8.42 Å². The van der Waals surface area contributed by atoms with E-state index in [2.05, 4.69) is 0 Å². The number of rotatable bonds is 8. The molecule has 0 atom stereocenters. The molecule has 0 bridgehead atoms. The van der Waals surface area contributed by atoms with E-state index in [1.165, 1.54) is 6.26 Å². The predicted octanol–water partition coefficient (Wildman–Crippen LogP) is 4.61. The van der Waals surface area contributed by atoms with E-state index in [9.17, 15) is 8.42 Å². The number of hydrogen-bond donors (Lipinski definition) is 2. The Balaban J connectivity index is 1.69. The van der Waals surface area contributed by atoms with Crippen molar-refractivity contribution in [1.29, 1.82) is 5.41 Å². The third-order valence-electron chi connectivity index (χ3n) is 4.95. The van der Waals surface area contributed by atoms with Gasteiger partial charge < -0.3 is 5.73 Å². The maximum absolute atomic E-state index is 12.4. The molecule has 0 aliphatic carbocycles. The summed E-state index contributed by atoms with van der Waals surface area (Å²) in [5, 5.41) is 7.54. The monoisotopic (exact) mass is 406 g/mol. The lowest BCUT2D eigenvalue weighted by Gasteiger charge is -2.11. The molecule has 5 heteroatoms. The summed E-state index contributed by atoms with van der Waals surface area (Å²) < 4.78 is 24.7. The number of hydrogen-bond acceptors (Lipinski definition) is 3. The molecule has 29 heavy (non-hydrogen) atoms. The Kier molecular flexibility index (Phi) is 6.49. The Hall–Kier alpha value is -2.92. The number of sulfone groups is 1. The average molecular weight is 407 g/mol. The minimum absolute atomic E-state index is 0.0821. The van der Waals surface area contributed by atoms with Crippen LogP contribution in [0.25, 0.3) is 11.1 Å². The van der Waals surface area contributed by atoms with Gasteiger partial charge in [-0.2, -0.15) is 0 Å². The first kappa shape index (κ1) is 20.8. The summed E-state index contributed by atoms with van der Waals surface area (Å²) in [7, 11) is -3.32. The van der Waals surface area contributed by atoms with Gasteiger partial charge in [-0.15, -0.1) is 0 Å². The normalized spacial score (nSPS) is 11.3. The Morgan fingerprint density at radius 2 is 1.52 bits per heavy atom. The number of aryl methyl sites for hydroxylation is 2. The van der Waals surface area contributed by atoms with E-state index >= 15 is 0 Å². The number of nitrogen functional groups attached to an aromatic ring is 1. The zero-order valence-corrected chi connectivity index (χ0v) is 17.4. The highest BCUT2D eigenvalue weighted by atomic mass is 32.2. The van der Waals surface area contributed by atoms with Crippen LogP contribution in [0.15, 0.2) is 77.7 Å². The second kappa shape index (κ2) is 9.05. The minimum atomic E-state index is -3.32. The molecule has 0 aliphatic rings. The lowest BCUT2D eigenvalue weighted by Crippen LogP contribution is -2.11. The third kappa shape index (κ3) is 5.55. The highest BCUT2D eigenvalue weighted by Crippen LogP contribution is 2.29. The fourth-order valence-electron chi connectivity index (χ4n) is 3.44. The van der Waals surface area contributed by atoms with Gasteiger partial charge in [0.25, 0.3) is 0 Å². The summed E-state index contributed by atoms with van der Waals surface area (Å²) in [4.78, 5) is 0.385. The highest BCUT2D eigenvalue weighted by Gasteiger charge is 2.15. The van der Waals surface area contributed by atoms with Crippen LogP contribution in [0.3, 0.4) is 0 Å². The average Bonchev–Trinajstić information content (AvgIpc) is 2.71. The molecule has 0 fully saturated rings. The third-order valence-corrected chi connectivity index (χ3v) is 6.09. The van der Waals surface area contributed by atoms with Crippen molar-refractivity contribution in [3.05, 3.63) is 89.5 Å². The summed E-state index contributed by atoms with van der Waals surface area (Å²) in [6, 6.07) is 23.1. The molecular formula is C24H26N2O2S. The smallest absolute Gasteiger partial charge is 0.176 e. The molecular weight excluding hydrogens is 380 g/mol. The van der Waals surface area contributed by atoms with E-state index in [4.69, 9.17) is 11.1 Å². The van der Waals surface area contributed by atoms with Crippen LogP contribution in [0.5, 0.6) is 0 Å². The zero-order valence-electron chi connectivity index (χ0n) is 16.6. The molecule has 3 aromatic carbocycles. The fourth-order valence-corrected chi connectivity index (χ4v) is 4.39. The molecule has 3 aromatic rings. The summed E-state index contributed by atoms with van der Waals surface area (Å²) in [6.45, 7) is 0. The molecule has 0 aliphatic heterocycles. The van der Waals surface area contributed by atoms with Crippen LogP contribution in [0.2, 0.25) is 0 Å². The van der Waals surface area contributed by atoms with E-state index in [0.717, 1.165) is 53.5 Å². The van der Waals surface area contributed by atoms with Crippen LogP contribution in [-0.2, 0) is 22.7 Å². The molecule has 0 saturated carbocycles. The van der Waals surface area contributed by atoms with E-state index < -0.39 is 9.84 Å². The lowest BCUT2D eigenvalue weighted by atomic mass is 9.99. The number of unbranched alkanes of at least 4 members (excludes halogenated alkanes) is 1. The Morgan fingerprint density at radius 3 is 2.14 bits per heavy atom. The topological polar surface area (TPSA) is 84.0 Å². The predicted molar refractivity (Wildman–Crippen MR) is 119 cm³/mol. The van der Waals surface area contributed by atoms with Crippen molar-refractivity contribution in [2.24, 2.45) is 5.73 Å². The van der Waals surface area contributed by atoms with Gasteiger partial charge in [0, 0.05) is 17.4 Å². The quantitative estimate of drug-likeness (QED) is 0.326. The summed E-state index contributed by atoms with van der Waals surface area (Å²) in [6.07, 6.45) is 4.93. The molecule has 0 heterocycles. The Labute approximate surface area is 172 Å². The Morgan fingerprint density at radius 1 is 0.862 bits per heavy atom. The first-order chi connectivity index (χ1) is 13.8. The van der Waals surface area contributed by atoms with Gasteiger partial charge in [0.2, 0.25) is 0 Å². The fraction of sp³-hybridized carbons (Fsp3) is 0.208. The van der Waals surface area contributed by atoms with Gasteiger partial charge in [-0.25, -0.2) is 8.42 Å². The van der Waals surface area contributed by atoms with Gasteiger partial charge in [0.1, 0.15) is 5.84 Å². The molecule has 0 radical (unpaired) electrons.